The Hall–Kier alpha value is -0.450. The molecule has 0 saturated carbocycles. The molecule has 0 spiro atoms. The highest BCUT2D eigenvalue weighted by molar-refractivity contribution is 9.10. The summed E-state index contributed by atoms with van der Waals surface area (Å²) in [5.41, 5.74) is 0.696. The zero-order valence-electron chi connectivity index (χ0n) is 8.37. The van der Waals surface area contributed by atoms with E-state index < -0.39 is 6.10 Å². The van der Waals surface area contributed by atoms with Crippen LogP contribution in [0.3, 0.4) is 0 Å². The summed E-state index contributed by atoms with van der Waals surface area (Å²) in [5.74, 6) is 0. The summed E-state index contributed by atoms with van der Waals surface area (Å²) in [4.78, 5) is 4.14. The Balaban J connectivity index is 2.68. The summed E-state index contributed by atoms with van der Waals surface area (Å²) in [6, 6.07) is 3.72. The molecule has 0 radical (unpaired) electrons. The molecule has 14 heavy (non-hydrogen) atoms. The maximum Gasteiger partial charge on any atom is 0.111 e. The van der Waals surface area contributed by atoms with Crippen molar-refractivity contribution in [2.24, 2.45) is 0 Å². The van der Waals surface area contributed by atoms with Crippen LogP contribution in [0.5, 0.6) is 0 Å². The Morgan fingerprint density at radius 3 is 2.79 bits per heavy atom. The topological polar surface area (TPSA) is 45.1 Å². The summed E-state index contributed by atoms with van der Waals surface area (Å²) in [6.45, 7) is 4.80. The lowest BCUT2D eigenvalue weighted by Crippen LogP contribution is -2.32. The first-order valence-corrected chi connectivity index (χ1v) is 5.47. The summed E-state index contributed by atoms with van der Waals surface area (Å²) in [7, 11) is 0. The van der Waals surface area contributed by atoms with Crippen LogP contribution >= 0.6 is 15.9 Å². The second-order valence-corrected chi connectivity index (χ2v) is 4.11. The lowest BCUT2D eigenvalue weighted by Gasteiger charge is -2.18. The molecule has 0 aliphatic rings. The second-order valence-electron chi connectivity index (χ2n) is 3.19. The molecule has 2 atom stereocenters. The molecule has 1 heterocycles. The molecule has 0 fully saturated rings. The van der Waals surface area contributed by atoms with E-state index in [0.717, 1.165) is 11.0 Å². The lowest BCUT2D eigenvalue weighted by atomic mass is 10.1. The number of hydrogen-bond donors (Lipinski definition) is 2. The second kappa shape index (κ2) is 5.44. The molecule has 78 valence electrons. The molecule has 0 aliphatic heterocycles. The summed E-state index contributed by atoms with van der Waals surface area (Å²) >= 11 is 3.30. The van der Waals surface area contributed by atoms with Gasteiger partial charge >= 0.3 is 0 Å². The Labute approximate surface area is 92.7 Å². The molecule has 0 aliphatic carbocycles. The fourth-order valence-corrected chi connectivity index (χ4v) is 1.49. The van der Waals surface area contributed by atoms with Gasteiger partial charge in [-0.25, -0.2) is 0 Å². The Morgan fingerprint density at radius 2 is 2.29 bits per heavy atom. The van der Waals surface area contributed by atoms with Gasteiger partial charge in [-0.05, 0) is 41.5 Å². The van der Waals surface area contributed by atoms with Gasteiger partial charge in [0.15, 0.2) is 0 Å². The number of aliphatic hydroxyl groups excluding tert-OH is 1. The van der Waals surface area contributed by atoms with Gasteiger partial charge in [0.2, 0.25) is 0 Å². The lowest BCUT2D eigenvalue weighted by molar-refractivity contribution is 0.133. The van der Waals surface area contributed by atoms with E-state index in [1.807, 2.05) is 26.0 Å². The normalized spacial score (nSPS) is 15.1. The van der Waals surface area contributed by atoms with Gasteiger partial charge in [-0.1, -0.05) is 6.92 Å². The number of rotatable bonds is 4. The predicted molar refractivity (Wildman–Crippen MR) is 60.0 cm³/mol. The zero-order chi connectivity index (χ0) is 10.6. The highest BCUT2D eigenvalue weighted by Gasteiger charge is 2.15. The number of nitrogens with zero attached hydrogens (tertiary/aromatic N) is 1. The van der Waals surface area contributed by atoms with E-state index in [9.17, 15) is 5.11 Å². The minimum Gasteiger partial charge on any atom is -0.385 e. The molecule has 3 nitrogen and oxygen atoms in total. The van der Waals surface area contributed by atoms with Gasteiger partial charge in [0, 0.05) is 16.7 Å². The van der Waals surface area contributed by atoms with Crippen LogP contribution in [0.25, 0.3) is 0 Å². The van der Waals surface area contributed by atoms with Crippen LogP contribution in [0.15, 0.2) is 22.8 Å². The third-order valence-corrected chi connectivity index (χ3v) is 2.52. The van der Waals surface area contributed by atoms with Gasteiger partial charge in [-0.15, -0.1) is 0 Å². The van der Waals surface area contributed by atoms with Gasteiger partial charge in [0.25, 0.3) is 0 Å². The summed E-state index contributed by atoms with van der Waals surface area (Å²) in [5, 5.41) is 13.0. The van der Waals surface area contributed by atoms with Crippen LogP contribution in [-0.2, 0) is 0 Å². The van der Waals surface area contributed by atoms with Crippen LogP contribution in [-0.4, -0.2) is 22.7 Å². The van der Waals surface area contributed by atoms with Crippen molar-refractivity contribution >= 4 is 15.9 Å². The standard InChI is InChI=1S/C10H15BrN2O/c1-3-12-7(2)10(14)9-5-4-8(11)6-13-9/h4-7,10,12,14H,3H2,1-2H3. The minimum absolute atomic E-state index is 0.0219. The first-order valence-electron chi connectivity index (χ1n) is 4.68. The zero-order valence-corrected chi connectivity index (χ0v) is 9.95. The van der Waals surface area contributed by atoms with E-state index >= 15 is 0 Å². The molecule has 1 rings (SSSR count). The van der Waals surface area contributed by atoms with Gasteiger partial charge in [0.05, 0.1) is 5.69 Å². The molecular formula is C10H15BrN2O. The van der Waals surface area contributed by atoms with E-state index in [1.165, 1.54) is 0 Å². The van der Waals surface area contributed by atoms with Gasteiger partial charge in [-0.3, -0.25) is 4.98 Å². The molecule has 1 aromatic heterocycles. The third-order valence-electron chi connectivity index (χ3n) is 2.05. The first-order chi connectivity index (χ1) is 6.65. The van der Waals surface area contributed by atoms with E-state index in [1.54, 1.807) is 6.20 Å². The van der Waals surface area contributed by atoms with Crippen LogP contribution in [0.4, 0.5) is 0 Å². The fourth-order valence-electron chi connectivity index (χ4n) is 1.25. The van der Waals surface area contributed by atoms with Gasteiger partial charge in [0.1, 0.15) is 6.10 Å². The van der Waals surface area contributed by atoms with Crippen molar-refractivity contribution < 1.29 is 5.11 Å². The highest BCUT2D eigenvalue weighted by atomic mass is 79.9. The fraction of sp³-hybridized carbons (Fsp3) is 0.500. The van der Waals surface area contributed by atoms with Crippen LogP contribution in [0.1, 0.15) is 25.6 Å². The van der Waals surface area contributed by atoms with E-state index in [0.29, 0.717) is 5.69 Å². The number of aliphatic hydroxyl groups is 1. The minimum atomic E-state index is -0.553. The van der Waals surface area contributed by atoms with Crippen molar-refractivity contribution in [3.63, 3.8) is 0 Å². The molecule has 0 saturated heterocycles. The average Bonchev–Trinajstić information content (AvgIpc) is 2.18. The largest absolute Gasteiger partial charge is 0.385 e. The van der Waals surface area contributed by atoms with Crippen molar-refractivity contribution in [1.82, 2.24) is 10.3 Å². The first kappa shape index (κ1) is 11.6. The molecule has 4 heteroatoms. The number of halogens is 1. The van der Waals surface area contributed by atoms with E-state index in [2.05, 4.69) is 26.2 Å². The highest BCUT2D eigenvalue weighted by Crippen LogP contribution is 2.16. The Bertz CT molecular complexity index is 276. The van der Waals surface area contributed by atoms with E-state index in [-0.39, 0.29) is 6.04 Å². The number of pyridine rings is 1. The Kier molecular flexibility index (Phi) is 4.51. The summed E-state index contributed by atoms with van der Waals surface area (Å²) < 4.78 is 0.921. The van der Waals surface area contributed by atoms with Crippen molar-refractivity contribution in [3.05, 3.63) is 28.5 Å². The summed E-state index contributed by atoms with van der Waals surface area (Å²) in [6.07, 6.45) is 1.14. The van der Waals surface area contributed by atoms with Gasteiger partial charge in [-0.2, -0.15) is 0 Å². The maximum absolute atomic E-state index is 9.87. The molecule has 2 unspecified atom stereocenters. The number of hydrogen-bond acceptors (Lipinski definition) is 3. The smallest absolute Gasteiger partial charge is 0.111 e. The maximum atomic E-state index is 9.87. The monoisotopic (exact) mass is 258 g/mol. The molecule has 0 bridgehead atoms. The van der Waals surface area contributed by atoms with E-state index in [4.69, 9.17) is 0 Å². The van der Waals surface area contributed by atoms with Crippen molar-refractivity contribution in [3.8, 4) is 0 Å². The van der Waals surface area contributed by atoms with Crippen molar-refractivity contribution in [2.45, 2.75) is 26.0 Å². The van der Waals surface area contributed by atoms with Crippen LogP contribution in [0.2, 0.25) is 0 Å². The van der Waals surface area contributed by atoms with Crippen molar-refractivity contribution in [2.75, 3.05) is 6.54 Å². The quantitative estimate of drug-likeness (QED) is 0.867. The number of likely N-dealkylation sites (N-methyl/N-ethyl adjacent to an activating group) is 1. The number of nitrogens with one attached hydrogen (secondary N) is 1. The van der Waals surface area contributed by atoms with Crippen LogP contribution in [0, 0.1) is 0 Å². The molecule has 1 aromatic rings. The SMILES string of the molecule is CCNC(C)C(O)c1ccc(Br)cn1. The van der Waals surface area contributed by atoms with Crippen LogP contribution < -0.4 is 5.32 Å². The van der Waals surface area contributed by atoms with Crippen molar-refractivity contribution in [1.29, 1.82) is 0 Å². The molecule has 2 N–H and O–H groups in total. The Morgan fingerprint density at radius 1 is 1.57 bits per heavy atom. The molecule has 0 amide bonds. The molecule has 0 aromatic carbocycles. The molecular weight excluding hydrogens is 244 g/mol. The number of aromatic nitrogens is 1. The van der Waals surface area contributed by atoms with Gasteiger partial charge < -0.3 is 10.4 Å². The average molecular weight is 259 g/mol. The third kappa shape index (κ3) is 3.04. The predicted octanol–water partition coefficient (Wildman–Crippen LogP) is 1.88.